The predicted octanol–water partition coefficient (Wildman–Crippen LogP) is 10.6. The summed E-state index contributed by atoms with van der Waals surface area (Å²) in [5, 5.41) is 16.1. The van der Waals surface area contributed by atoms with Crippen LogP contribution in [0.1, 0.15) is 85.8 Å². The van der Waals surface area contributed by atoms with Crippen molar-refractivity contribution in [1.29, 1.82) is 0 Å². The van der Waals surface area contributed by atoms with E-state index < -0.39 is 38.0 Å². The molecular formula is C51H60F3N7O6S. The number of hydrogen-bond acceptors (Lipinski definition) is 11. The number of allylic oxidation sites excluding steroid dienone is 1. The fourth-order valence-electron chi connectivity index (χ4n) is 9.83. The van der Waals surface area contributed by atoms with E-state index in [0.717, 1.165) is 86.3 Å². The van der Waals surface area contributed by atoms with Crippen LogP contribution in [0.4, 0.5) is 30.2 Å². The number of carbonyl (C=O) groups is 1. The number of aryl methyl sites for hydroxylation is 1. The maximum Gasteiger partial charge on any atom is 0.416 e. The van der Waals surface area contributed by atoms with Crippen LogP contribution >= 0.6 is 0 Å². The predicted molar refractivity (Wildman–Crippen MR) is 259 cm³/mol. The van der Waals surface area contributed by atoms with Gasteiger partial charge in [0.05, 0.1) is 27.1 Å². The number of piperazine rings is 1. The van der Waals surface area contributed by atoms with Crippen molar-refractivity contribution >= 4 is 49.3 Å². The first-order valence-corrected chi connectivity index (χ1v) is 25.1. The van der Waals surface area contributed by atoms with E-state index in [4.69, 9.17) is 4.74 Å². The number of H-pyrrole nitrogens is 1. The molecule has 17 heteroatoms. The summed E-state index contributed by atoms with van der Waals surface area (Å²) in [6, 6.07) is 16.4. The van der Waals surface area contributed by atoms with Gasteiger partial charge in [0.1, 0.15) is 28.6 Å². The molecule has 4 heterocycles. The maximum atomic E-state index is 14.1. The van der Waals surface area contributed by atoms with E-state index in [0.29, 0.717) is 62.1 Å². The van der Waals surface area contributed by atoms with Gasteiger partial charge in [0.25, 0.3) is 5.69 Å². The number of benzene rings is 3. The van der Waals surface area contributed by atoms with Crippen LogP contribution in [-0.2, 0) is 16.0 Å². The van der Waals surface area contributed by atoms with Crippen molar-refractivity contribution in [1.82, 2.24) is 19.8 Å². The van der Waals surface area contributed by atoms with E-state index in [-0.39, 0.29) is 33.0 Å². The lowest BCUT2D eigenvalue weighted by atomic mass is 9.72. The molecule has 0 radical (unpaired) electrons. The van der Waals surface area contributed by atoms with Gasteiger partial charge in [0, 0.05) is 68.7 Å². The molecule has 0 unspecified atom stereocenters. The second-order valence-electron chi connectivity index (χ2n) is 19.5. The number of anilines is 2. The number of nitrogens with zero attached hydrogens (tertiary/aromatic N) is 5. The Morgan fingerprint density at radius 2 is 1.76 bits per heavy atom. The maximum absolute atomic E-state index is 14.1. The number of pyridine rings is 1. The average Bonchev–Trinajstić information content (AvgIpc) is 3.77. The highest BCUT2D eigenvalue weighted by Gasteiger charge is 2.34. The van der Waals surface area contributed by atoms with Crippen LogP contribution < -0.4 is 15.0 Å². The first-order chi connectivity index (χ1) is 32.3. The number of piperidine rings is 1. The summed E-state index contributed by atoms with van der Waals surface area (Å²) in [5.41, 5.74) is 4.51. The van der Waals surface area contributed by atoms with Crippen LogP contribution in [0.2, 0.25) is 0 Å². The van der Waals surface area contributed by atoms with Gasteiger partial charge in [-0.15, -0.1) is 0 Å². The molecule has 3 aliphatic rings. The number of sulfone groups is 1. The number of aromatic amines is 1. The summed E-state index contributed by atoms with van der Waals surface area (Å²) in [5.74, 6) is -0.600. The second kappa shape index (κ2) is 20.1. The molecule has 362 valence electrons. The van der Waals surface area contributed by atoms with Gasteiger partial charge in [-0.3, -0.25) is 19.8 Å². The van der Waals surface area contributed by atoms with Gasteiger partial charge >= 0.3 is 6.18 Å². The SMILES string of the molecule is Cc1cc(C(F)(F)F)ccc1C1=C(CN2CCN(c3ccc(C(=O)CS(=O)(=O)c4ccc(NCCCC5CCN(C)CC5)c([N+](=O)[O-])c4)c(Oc4cnc5[nH]ccc5c4)c3)CC2)CCC(C)(C)C1. The van der Waals surface area contributed by atoms with Crippen LogP contribution in [0, 0.1) is 28.4 Å². The molecule has 0 bridgehead atoms. The monoisotopic (exact) mass is 955 g/mol. The van der Waals surface area contributed by atoms with Crippen molar-refractivity contribution in [3.63, 3.8) is 0 Å². The Morgan fingerprint density at radius 1 is 1.00 bits per heavy atom. The number of likely N-dealkylation sites (tertiary alicyclic amines) is 1. The molecule has 5 aromatic rings. The molecule has 2 aromatic heterocycles. The minimum absolute atomic E-state index is 0.0169. The number of fused-ring (bicyclic) bond motifs is 1. The fourth-order valence-corrected chi connectivity index (χ4v) is 11.1. The minimum atomic E-state index is -4.41. The molecular weight excluding hydrogens is 896 g/mol. The number of nitro groups is 1. The summed E-state index contributed by atoms with van der Waals surface area (Å²) in [6.07, 6.45) is 5.54. The standard InChI is InChI=1S/C51H60F3N7O6S/c1-34-26-38(51(52,53)54)7-10-42(34)44-30-50(2,3)17-13-37(44)32-59-22-24-60(25-23-59)39-8-11-43(48(28-39)67-40-27-36-14-19-56-49(36)57-31-40)47(62)33-68(65,66)41-9-12-45(46(29-41)61(63)64)55-18-5-6-35-15-20-58(4)21-16-35/h7-12,14,19,26-29,31,35,55H,5-6,13,15-18,20-25,30,32-33H2,1-4H3,(H,56,57). The number of nitro benzene ring substituents is 1. The zero-order valence-corrected chi connectivity index (χ0v) is 39.9. The van der Waals surface area contributed by atoms with Gasteiger partial charge in [-0.25, -0.2) is 13.4 Å². The molecule has 2 fully saturated rings. The van der Waals surface area contributed by atoms with E-state index in [2.05, 4.69) is 50.9 Å². The number of ketones is 1. The Hall–Kier alpha value is -5.78. The smallest absolute Gasteiger partial charge is 0.416 e. The summed E-state index contributed by atoms with van der Waals surface area (Å²) >= 11 is 0. The molecule has 13 nitrogen and oxygen atoms in total. The number of aromatic nitrogens is 2. The molecule has 2 aliphatic heterocycles. The number of hydrogen-bond donors (Lipinski definition) is 2. The largest absolute Gasteiger partial charge is 0.455 e. The number of carbonyl (C=O) groups excluding carboxylic acids is 1. The molecule has 0 amide bonds. The normalized spacial score (nSPS) is 17.7. The zero-order chi connectivity index (χ0) is 48.4. The van der Waals surface area contributed by atoms with Gasteiger partial charge in [-0.05, 0) is 149 Å². The quantitative estimate of drug-likeness (QED) is 0.0420. The van der Waals surface area contributed by atoms with Gasteiger partial charge in [0.15, 0.2) is 15.6 Å². The first-order valence-electron chi connectivity index (χ1n) is 23.4. The third-order valence-corrected chi connectivity index (χ3v) is 15.5. The number of alkyl halides is 3. The topological polar surface area (TPSA) is 154 Å². The highest BCUT2D eigenvalue weighted by Crippen LogP contribution is 2.45. The van der Waals surface area contributed by atoms with Gasteiger partial charge in [-0.2, -0.15) is 13.2 Å². The Kier molecular flexibility index (Phi) is 14.4. The fraction of sp³-hybridized carbons (Fsp3) is 0.451. The highest BCUT2D eigenvalue weighted by atomic mass is 32.2. The molecule has 2 saturated heterocycles. The number of ether oxygens (including phenoxy) is 1. The second-order valence-corrected chi connectivity index (χ2v) is 21.5. The zero-order valence-electron chi connectivity index (χ0n) is 39.1. The molecule has 0 atom stereocenters. The van der Waals surface area contributed by atoms with Crippen LogP contribution in [0.3, 0.4) is 0 Å². The molecule has 68 heavy (non-hydrogen) atoms. The number of halogens is 3. The Morgan fingerprint density at radius 3 is 2.49 bits per heavy atom. The molecule has 8 rings (SSSR count). The summed E-state index contributed by atoms with van der Waals surface area (Å²) in [7, 11) is -2.23. The van der Waals surface area contributed by atoms with Crippen molar-refractivity contribution in [3.05, 3.63) is 117 Å². The van der Waals surface area contributed by atoms with Crippen LogP contribution in [-0.4, -0.2) is 104 Å². The molecule has 3 aromatic carbocycles. The Bertz CT molecular complexity index is 2810. The lowest BCUT2D eigenvalue weighted by Gasteiger charge is -2.39. The lowest BCUT2D eigenvalue weighted by Crippen LogP contribution is -2.47. The molecule has 2 N–H and O–H groups in total. The van der Waals surface area contributed by atoms with E-state index in [9.17, 15) is 36.5 Å². The molecule has 0 spiro atoms. The van der Waals surface area contributed by atoms with Gasteiger partial charge in [-0.1, -0.05) is 25.5 Å². The number of nitrogens with one attached hydrogen (secondary N) is 2. The molecule has 1 aliphatic carbocycles. The third kappa shape index (κ3) is 11.6. The van der Waals surface area contributed by atoms with Gasteiger partial charge < -0.3 is 24.8 Å². The van der Waals surface area contributed by atoms with Crippen molar-refractivity contribution in [2.75, 3.05) is 75.4 Å². The molecule has 0 saturated carbocycles. The van der Waals surface area contributed by atoms with Crippen molar-refractivity contribution in [2.24, 2.45) is 11.3 Å². The van der Waals surface area contributed by atoms with Crippen molar-refractivity contribution < 1.29 is 36.0 Å². The van der Waals surface area contributed by atoms with Crippen LogP contribution in [0.25, 0.3) is 16.6 Å². The van der Waals surface area contributed by atoms with E-state index in [1.165, 1.54) is 36.0 Å². The lowest BCUT2D eigenvalue weighted by molar-refractivity contribution is -0.384. The average molecular weight is 956 g/mol. The van der Waals surface area contributed by atoms with Crippen LogP contribution in [0.5, 0.6) is 11.5 Å². The minimum Gasteiger partial charge on any atom is -0.455 e. The van der Waals surface area contributed by atoms with E-state index in [1.807, 2.05) is 6.07 Å². The van der Waals surface area contributed by atoms with Gasteiger partial charge in [0.2, 0.25) is 0 Å². The Balaban J connectivity index is 0.979. The Labute approximate surface area is 395 Å². The summed E-state index contributed by atoms with van der Waals surface area (Å²) in [6.45, 7) is 12.2. The first kappa shape index (κ1) is 48.7. The van der Waals surface area contributed by atoms with E-state index >= 15 is 0 Å². The van der Waals surface area contributed by atoms with Crippen LogP contribution in [0.15, 0.2) is 89.6 Å². The van der Waals surface area contributed by atoms with E-state index in [1.54, 1.807) is 43.5 Å². The number of Topliss-reactive ketones (excluding diaryl/α,β-unsaturated/α-hetero) is 1. The third-order valence-electron chi connectivity index (χ3n) is 13.9. The van der Waals surface area contributed by atoms with Crippen molar-refractivity contribution in [3.8, 4) is 11.5 Å². The highest BCUT2D eigenvalue weighted by molar-refractivity contribution is 7.92. The van der Waals surface area contributed by atoms with Crippen molar-refractivity contribution in [2.45, 2.75) is 76.8 Å². The summed E-state index contributed by atoms with van der Waals surface area (Å²) in [4.78, 5) is 39.6. The summed E-state index contributed by atoms with van der Waals surface area (Å²) < 4.78 is 74.8. The number of rotatable bonds is 16.